The Labute approximate surface area is 121 Å². The molecule has 0 aliphatic carbocycles. The number of hydrogen-bond donors (Lipinski definition) is 1. The number of carbonyl (C=O) groups excluding carboxylic acids is 2. The third-order valence-electron chi connectivity index (χ3n) is 3.55. The van der Waals surface area contributed by atoms with E-state index in [0.717, 1.165) is 10.6 Å². The monoisotopic (exact) mass is 292 g/mol. The highest BCUT2D eigenvalue weighted by atomic mass is 32.2. The molecule has 0 saturated carbocycles. The summed E-state index contributed by atoms with van der Waals surface area (Å²) in [6.45, 7) is 0.687. The molecule has 2 aliphatic heterocycles. The zero-order valence-corrected chi connectivity index (χ0v) is 12.0. The van der Waals surface area contributed by atoms with Gasteiger partial charge < -0.3 is 15.0 Å². The maximum atomic E-state index is 12.2. The number of thioether (sulfide) groups is 1. The highest BCUT2D eigenvalue weighted by Gasteiger charge is 2.34. The summed E-state index contributed by atoms with van der Waals surface area (Å²) < 4.78 is 5.71. The highest BCUT2D eigenvalue weighted by Crippen LogP contribution is 2.34. The first-order chi connectivity index (χ1) is 9.65. The molecule has 2 heterocycles. The molecule has 5 nitrogen and oxygen atoms in total. The van der Waals surface area contributed by atoms with Crippen LogP contribution >= 0.6 is 11.8 Å². The summed E-state index contributed by atoms with van der Waals surface area (Å²) in [6.07, 6.45) is 0.131. The van der Waals surface area contributed by atoms with Gasteiger partial charge in [0.1, 0.15) is 11.8 Å². The second-order valence-corrected chi connectivity index (χ2v) is 6.04. The number of likely N-dealkylation sites (tertiary alicyclic amines) is 1. The molecule has 0 spiro atoms. The fourth-order valence-electron chi connectivity index (χ4n) is 2.37. The first kappa shape index (κ1) is 13.3. The van der Waals surface area contributed by atoms with Crippen molar-refractivity contribution in [1.29, 1.82) is 0 Å². The first-order valence-corrected chi connectivity index (χ1v) is 7.57. The number of hydrogen-bond acceptors (Lipinski definition) is 4. The van der Waals surface area contributed by atoms with E-state index in [2.05, 4.69) is 5.32 Å². The third-order valence-corrected chi connectivity index (χ3v) is 4.66. The number of nitrogens with one attached hydrogen (secondary N) is 1. The summed E-state index contributed by atoms with van der Waals surface area (Å²) in [5, 5.41) is 2.79. The lowest BCUT2D eigenvalue weighted by molar-refractivity contribution is -0.134. The van der Waals surface area contributed by atoms with Crippen molar-refractivity contribution in [3.8, 4) is 5.75 Å². The number of carbonyl (C=O) groups is 2. The molecule has 2 aliphatic rings. The molecule has 1 fully saturated rings. The van der Waals surface area contributed by atoms with Crippen LogP contribution in [0.5, 0.6) is 5.75 Å². The molecular weight excluding hydrogens is 276 g/mol. The van der Waals surface area contributed by atoms with Crippen LogP contribution in [0.1, 0.15) is 6.42 Å². The lowest BCUT2D eigenvalue weighted by Gasteiger charge is -2.25. The van der Waals surface area contributed by atoms with Gasteiger partial charge in [0.25, 0.3) is 5.91 Å². The lowest BCUT2D eigenvalue weighted by Crippen LogP contribution is -2.48. The van der Waals surface area contributed by atoms with E-state index in [4.69, 9.17) is 4.74 Å². The number of ether oxygens (including phenoxy) is 1. The Bertz CT molecular complexity index is 549. The minimum Gasteiger partial charge on any atom is -0.479 e. The number of benzene rings is 1. The lowest BCUT2D eigenvalue weighted by atomic mass is 10.2. The van der Waals surface area contributed by atoms with Crippen molar-refractivity contribution in [2.75, 3.05) is 19.3 Å². The zero-order chi connectivity index (χ0) is 14.1. The Morgan fingerprint density at radius 1 is 1.45 bits per heavy atom. The van der Waals surface area contributed by atoms with Crippen molar-refractivity contribution in [2.24, 2.45) is 0 Å². The topological polar surface area (TPSA) is 58.6 Å². The molecule has 2 atom stereocenters. The van der Waals surface area contributed by atoms with Crippen LogP contribution in [0.2, 0.25) is 0 Å². The molecule has 106 valence electrons. The van der Waals surface area contributed by atoms with E-state index in [1.165, 1.54) is 0 Å². The van der Waals surface area contributed by atoms with E-state index in [1.807, 2.05) is 24.3 Å². The molecular formula is C14H16N2O3S. The number of para-hydroxylation sites is 1. The number of rotatable bonds is 2. The van der Waals surface area contributed by atoms with E-state index in [9.17, 15) is 9.59 Å². The van der Waals surface area contributed by atoms with Crippen LogP contribution in [0, 0.1) is 0 Å². The Morgan fingerprint density at radius 2 is 2.25 bits per heavy atom. The first-order valence-electron chi connectivity index (χ1n) is 6.59. The fourth-order valence-corrected chi connectivity index (χ4v) is 3.35. The predicted molar refractivity (Wildman–Crippen MR) is 75.8 cm³/mol. The number of fused-ring (bicyclic) bond motifs is 1. The Balaban J connectivity index is 1.63. The summed E-state index contributed by atoms with van der Waals surface area (Å²) >= 11 is 1.60. The van der Waals surface area contributed by atoms with Crippen molar-refractivity contribution in [2.45, 2.75) is 23.5 Å². The second-order valence-electron chi connectivity index (χ2n) is 4.97. The van der Waals surface area contributed by atoms with Crippen LogP contribution in [0.4, 0.5) is 0 Å². The smallest absolute Gasteiger partial charge is 0.262 e. The molecule has 0 unspecified atom stereocenters. The largest absolute Gasteiger partial charge is 0.479 e. The van der Waals surface area contributed by atoms with Gasteiger partial charge in [-0.15, -0.1) is 11.8 Å². The summed E-state index contributed by atoms with van der Waals surface area (Å²) in [6, 6.07) is 7.26. The highest BCUT2D eigenvalue weighted by molar-refractivity contribution is 7.99. The van der Waals surface area contributed by atoms with E-state index < -0.39 is 12.1 Å². The number of nitrogens with zero attached hydrogens (tertiary/aromatic N) is 1. The molecule has 0 radical (unpaired) electrons. The van der Waals surface area contributed by atoms with Gasteiger partial charge in [-0.2, -0.15) is 0 Å². The van der Waals surface area contributed by atoms with Crippen molar-refractivity contribution >= 4 is 23.6 Å². The summed E-state index contributed by atoms with van der Waals surface area (Å²) in [5.41, 5.74) is 0. The van der Waals surface area contributed by atoms with Crippen LogP contribution in [-0.4, -0.2) is 48.2 Å². The average molecular weight is 292 g/mol. The minimum absolute atomic E-state index is 0.0257. The van der Waals surface area contributed by atoms with Gasteiger partial charge in [0.15, 0.2) is 6.10 Å². The molecule has 2 amide bonds. The van der Waals surface area contributed by atoms with Crippen LogP contribution in [0.3, 0.4) is 0 Å². The van der Waals surface area contributed by atoms with Crippen LogP contribution in [-0.2, 0) is 9.59 Å². The van der Waals surface area contributed by atoms with Gasteiger partial charge in [-0.3, -0.25) is 9.59 Å². The molecule has 1 aromatic rings. The fraction of sp³-hybridized carbons (Fsp3) is 0.429. The molecule has 0 aromatic heterocycles. The van der Waals surface area contributed by atoms with Gasteiger partial charge in [0.2, 0.25) is 5.91 Å². The van der Waals surface area contributed by atoms with Gasteiger partial charge in [-0.25, -0.2) is 0 Å². The van der Waals surface area contributed by atoms with E-state index in [0.29, 0.717) is 18.7 Å². The molecule has 6 heteroatoms. The Morgan fingerprint density at radius 3 is 3.00 bits per heavy atom. The molecule has 1 aromatic carbocycles. The number of likely N-dealkylation sites (N-methyl/N-ethyl adjacent to an activating group) is 1. The Kier molecular flexibility index (Phi) is 3.56. The normalized spacial score (nSPS) is 25.1. The van der Waals surface area contributed by atoms with Gasteiger partial charge >= 0.3 is 0 Å². The SMILES string of the molecule is CN1CC[C@H](NC(=O)[C@@H]2CSc3ccccc3O2)C1=O. The molecule has 20 heavy (non-hydrogen) atoms. The van der Waals surface area contributed by atoms with E-state index in [1.54, 1.807) is 23.7 Å². The van der Waals surface area contributed by atoms with Crippen LogP contribution in [0.15, 0.2) is 29.2 Å². The molecule has 1 N–H and O–H groups in total. The van der Waals surface area contributed by atoms with Gasteiger partial charge in [-0.1, -0.05) is 12.1 Å². The van der Waals surface area contributed by atoms with Gasteiger partial charge in [0.05, 0.1) is 0 Å². The molecule has 1 saturated heterocycles. The van der Waals surface area contributed by atoms with Gasteiger partial charge in [-0.05, 0) is 18.6 Å². The van der Waals surface area contributed by atoms with Crippen molar-refractivity contribution in [1.82, 2.24) is 10.2 Å². The van der Waals surface area contributed by atoms with Crippen molar-refractivity contribution in [3.63, 3.8) is 0 Å². The zero-order valence-electron chi connectivity index (χ0n) is 11.2. The van der Waals surface area contributed by atoms with Crippen molar-refractivity contribution < 1.29 is 14.3 Å². The summed E-state index contributed by atoms with van der Waals surface area (Å²) in [4.78, 5) is 26.7. The minimum atomic E-state index is -0.534. The number of amides is 2. The average Bonchev–Trinajstić information content (AvgIpc) is 2.78. The predicted octanol–water partition coefficient (Wildman–Crippen LogP) is 0.887. The Hall–Kier alpha value is -1.69. The maximum absolute atomic E-state index is 12.2. The molecule has 3 rings (SSSR count). The van der Waals surface area contributed by atoms with E-state index in [-0.39, 0.29) is 11.8 Å². The molecule has 0 bridgehead atoms. The second kappa shape index (κ2) is 5.36. The summed E-state index contributed by atoms with van der Waals surface area (Å²) in [5.74, 6) is 1.07. The van der Waals surface area contributed by atoms with Crippen molar-refractivity contribution in [3.05, 3.63) is 24.3 Å². The van der Waals surface area contributed by atoms with Crippen LogP contribution < -0.4 is 10.1 Å². The standard InChI is InChI=1S/C14H16N2O3S/c1-16-7-6-9(14(16)18)15-13(17)11-8-20-12-5-3-2-4-10(12)19-11/h2-5,9,11H,6-8H2,1H3,(H,15,17)/t9-,11-/m0/s1. The van der Waals surface area contributed by atoms with Crippen LogP contribution in [0.25, 0.3) is 0 Å². The summed E-state index contributed by atoms with van der Waals surface area (Å²) in [7, 11) is 1.75. The van der Waals surface area contributed by atoms with Gasteiger partial charge in [0, 0.05) is 24.2 Å². The van der Waals surface area contributed by atoms with E-state index >= 15 is 0 Å². The quantitative estimate of drug-likeness (QED) is 0.879. The third kappa shape index (κ3) is 2.47. The maximum Gasteiger partial charge on any atom is 0.262 e.